The molecule has 0 unspecified atom stereocenters. The van der Waals surface area contributed by atoms with Crippen LogP contribution in [0.2, 0.25) is 0 Å². The first-order chi connectivity index (χ1) is 5.86. The lowest BCUT2D eigenvalue weighted by molar-refractivity contribution is 0.577. The molecule has 4 heteroatoms. The summed E-state index contributed by atoms with van der Waals surface area (Å²) >= 11 is 0. The first kappa shape index (κ1) is 6.84. The van der Waals surface area contributed by atoms with Crippen LogP contribution in [0.1, 0.15) is 0 Å². The summed E-state index contributed by atoms with van der Waals surface area (Å²) in [6, 6.07) is 5.20. The molecule has 2 aromatic heterocycles. The standard InChI is InChI=1S/C8H7N3O/c9-7-3-4-10-8(11-7)6-2-1-5-12-6/h1-5H,(H2,9,10,11). The fraction of sp³-hybridized carbons (Fsp3) is 0. The highest BCUT2D eigenvalue weighted by Gasteiger charge is 2.02. The summed E-state index contributed by atoms with van der Waals surface area (Å²) in [5, 5.41) is 0. The van der Waals surface area contributed by atoms with E-state index in [0.29, 0.717) is 17.4 Å². The number of hydrogen-bond donors (Lipinski definition) is 1. The molecule has 2 heterocycles. The maximum atomic E-state index is 5.47. The molecule has 2 rings (SSSR count). The Labute approximate surface area is 69.1 Å². The van der Waals surface area contributed by atoms with Crippen molar-refractivity contribution in [1.82, 2.24) is 9.97 Å². The van der Waals surface area contributed by atoms with Crippen molar-refractivity contribution in [2.45, 2.75) is 0 Å². The Hall–Kier alpha value is -1.84. The molecule has 0 spiro atoms. The summed E-state index contributed by atoms with van der Waals surface area (Å²) < 4.78 is 5.09. The van der Waals surface area contributed by atoms with E-state index in [1.807, 2.05) is 0 Å². The third-order valence-corrected chi connectivity index (χ3v) is 1.42. The van der Waals surface area contributed by atoms with E-state index >= 15 is 0 Å². The van der Waals surface area contributed by atoms with Gasteiger partial charge in [0.1, 0.15) is 5.82 Å². The van der Waals surface area contributed by atoms with Gasteiger partial charge in [0.15, 0.2) is 11.6 Å². The van der Waals surface area contributed by atoms with Crippen LogP contribution in [0.5, 0.6) is 0 Å². The summed E-state index contributed by atoms with van der Waals surface area (Å²) in [5.74, 6) is 1.58. The van der Waals surface area contributed by atoms with Gasteiger partial charge in [-0.3, -0.25) is 0 Å². The average Bonchev–Trinajstić information content (AvgIpc) is 2.56. The Morgan fingerprint density at radius 1 is 1.33 bits per heavy atom. The summed E-state index contributed by atoms with van der Waals surface area (Å²) in [7, 11) is 0. The van der Waals surface area contributed by atoms with E-state index in [4.69, 9.17) is 10.2 Å². The van der Waals surface area contributed by atoms with Crippen molar-refractivity contribution in [3.63, 3.8) is 0 Å². The highest BCUT2D eigenvalue weighted by Crippen LogP contribution is 2.14. The summed E-state index contributed by atoms with van der Waals surface area (Å²) in [6.07, 6.45) is 3.17. The van der Waals surface area contributed by atoms with Crippen LogP contribution < -0.4 is 5.73 Å². The second-order valence-corrected chi connectivity index (χ2v) is 2.28. The van der Waals surface area contributed by atoms with Gasteiger partial charge in [-0.05, 0) is 18.2 Å². The summed E-state index contributed by atoms with van der Waals surface area (Å²) in [6.45, 7) is 0. The topological polar surface area (TPSA) is 64.9 Å². The molecule has 0 saturated carbocycles. The molecular weight excluding hydrogens is 154 g/mol. The number of rotatable bonds is 1. The maximum Gasteiger partial charge on any atom is 0.197 e. The zero-order valence-corrected chi connectivity index (χ0v) is 6.27. The highest BCUT2D eigenvalue weighted by atomic mass is 16.3. The Kier molecular flexibility index (Phi) is 1.51. The third kappa shape index (κ3) is 1.14. The van der Waals surface area contributed by atoms with E-state index in [1.165, 1.54) is 0 Å². The van der Waals surface area contributed by atoms with Gasteiger partial charge in [-0.25, -0.2) is 9.97 Å². The molecule has 0 radical (unpaired) electrons. The van der Waals surface area contributed by atoms with Gasteiger partial charge in [0, 0.05) is 6.20 Å². The second-order valence-electron chi connectivity index (χ2n) is 2.28. The SMILES string of the molecule is Nc1ccnc(-c2ccco2)n1. The Bertz CT molecular complexity index is 370. The fourth-order valence-electron chi connectivity index (χ4n) is 0.897. The number of nitrogens with two attached hydrogens (primary N) is 1. The third-order valence-electron chi connectivity index (χ3n) is 1.42. The molecule has 0 saturated heterocycles. The molecule has 4 nitrogen and oxygen atoms in total. The van der Waals surface area contributed by atoms with Crippen molar-refractivity contribution >= 4 is 5.82 Å². The van der Waals surface area contributed by atoms with Crippen molar-refractivity contribution in [2.75, 3.05) is 5.73 Å². The van der Waals surface area contributed by atoms with E-state index in [0.717, 1.165) is 0 Å². The number of furan rings is 1. The first-order valence-corrected chi connectivity index (χ1v) is 3.48. The number of nitrogens with zero attached hydrogens (tertiary/aromatic N) is 2. The van der Waals surface area contributed by atoms with Gasteiger partial charge in [-0.1, -0.05) is 0 Å². The number of hydrogen-bond acceptors (Lipinski definition) is 4. The van der Waals surface area contributed by atoms with Crippen LogP contribution in [0.3, 0.4) is 0 Å². The van der Waals surface area contributed by atoms with Gasteiger partial charge in [0.2, 0.25) is 0 Å². The molecule has 12 heavy (non-hydrogen) atoms. The van der Waals surface area contributed by atoms with Crippen molar-refractivity contribution in [3.05, 3.63) is 30.7 Å². The Morgan fingerprint density at radius 2 is 2.25 bits per heavy atom. The monoisotopic (exact) mass is 161 g/mol. The minimum absolute atomic E-state index is 0.441. The van der Waals surface area contributed by atoms with E-state index in [1.54, 1.807) is 30.7 Å². The van der Waals surface area contributed by atoms with Crippen LogP contribution in [0, 0.1) is 0 Å². The van der Waals surface area contributed by atoms with Crippen molar-refractivity contribution in [3.8, 4) is 11.6 Å². The van der Waals surface area contributed by atoms with Crippen LogP contribution in [-0.2, 0) is 0 Å². The normalized spacial score (nSPS) is 10.0. The lowest BCUT2D eigenvalue weighted by Gasteiger charge is -1.94. The van der Waals surface area contributed by atoms with Gasteiger partial charge in [0.05, 0.1) is 6.26 Å². The lowest BCUT2D eigenvalue weighted by atomic mass is 10.4. The van der Waals surface area contributed by atoms with Crippen LogP contribution in [0.15, 0.2) is 35.1 Å². The van der Waals surface area contributed by atoms with E-state index in [9.17, 15) is 0 Å². The highest BCUT2D eigenvalue weighted by molar-refractivity contribution is 5.48. The summed E-state index contributed by atoms with van der Waals surface area (Å²) in [5.41, 5.74) is 5.47. The van der Waals surface area contributed by atoms with Crippen LogP contribution in [0.4, 0.5) is 5.82 Å². The molecule has 0 atom stereocenters. The zero-order valence-electron chi connectivity index (χ0n) is 6.27. The molecule has 0 amide bonds. The van der Waals surface area contributed by atoms with Gasteiger partial charge < -0.3 is 10.2 Å². The van der Waals surface area contributed by atoms with Crippen LogP contribution in [0.25, 0.3) is 11.6 Å². The molecule has 2 aromatic rings. The van der Waals surface area contributed by atoms with Gasteiger partial charge >= 0.3 is 0 Å². The molecule has 0 fully saturated rings. The smallest absolute Gasteiger partial charge is 0.197 e. The largest absolute Gasteiger partial charge is 0.461 e. The Morgan fingerprint density at radius 3 is 2.92 bits per heavy atom. The predicted octanol–water partition coefficient (Wildman–Crippen LogP) is 1.32. The van der Waals surface area contributed by atoms with Crippen molar-refractivity contribution in [2.24, 2.45) is 0 Å². The van der Waals surface area contributed by atoms with Crippen LogP contribution in [-0.4, -0.2) is 9.97 Å². The van der Waals surface area contributed by atoms with E-state index < -0.39 is 0 Å². The molecule has 0 aromatic carbocycles. The van der Waals surface area contributed by atoms with E-state index in [-0.39, 0.29) is 0 Å². The molecule has 0 aliphatic carbocycles. The minimum atomic E-state index is 0.441. The van der Waals surface area contributed by atoms with Gasteiger partial charge in [-0.2, -0.15) is 0 Å². The Balaban J connectivity index is 2.48. The summed E-state index contributed by atoms with van der Waals surface area (Å²) in [4.78, 5) is 7.99. The molecule has 60 valence electrons. The quantitative estimate of drug-likeness (QED) is 0.685. The lowest BCUT2D eigenvalue weighted by Crippen LogP contribution is -1.93. The van der Waals surface area contributed by atoms with E-state index in [2.05, 4.69) is 9.97 Å². The maximum absolute atomic E-state index is 5.47. The molecule has 0 bridgehead atoms. The van der Waals surface area contributed by atoms with Crippen molar-refractivity contribution in [1.29, 1.82) is 0 Å². The van der Waals surface area contributed by atoms with Crippen LogP contribution >= 0.6 is 0 Å². The van der Waals surface area contributed by atoms with Gasteiger partial charge in [0.25, 0.3) is 0 Å². The zero-order chi connectivity index (χ0) is 8.39. The van der Waals surface area contributed by atoms with Crippen molar-refractivity contribution < 1.29 is 4.42 Å². The number of aromatic nitrogens is 2. The molecule has 0 aliphatic heterocycles. The fourth-order valence-corrected chi connectivity index (χ4v) is 0.897. The molecular formula is C8H7N3O. The predicted molar refractivity (Wildman–Crippen MR) is 44.1 cm³/mol. The molecule has 2 N–H and O–H groups in total. The van der Waals surface area contributed by atoms with Gasteiger partial charge in [-0.15, -0.1) is 0 Å². The number of nitrogen functional groups attached to an aromatic ring is 1. The first-order valence-electron chi connectivity index (χ1n) is 3.48. The average molecular weight is 161 g/mol. The minimum Gasteiger partial charge on any atom is -0.461 e. The number of anilines is 1. The molecule has 0 aliphatic rings. The second kappa shape index (κ2) is 2.65.